The van der Waals surface area contributed by atoms with Crippen LogP contribution >= 0.6 is 0 Å². The lowest BCUT2D eigenvalue weighted by molar-refractivity contribution is -0.137. The van der Waals surface area contributed by atoms with Gasteiger partial charge in [0.1, 0.15) is 17.4 Å². The van der Waals surface area contributed by atoms with Crippen molar-refractivity contribution >= 4 is 11.5 Å². The molecule has 4 heteroatoms. The van der Waals surface area contributed by atoms with E-state index < -0.39 is 5.97 Å². The normalized spacial score (nSPS) is 16.0. The zero-order valence-corrected chi connectivity index (χ0v) is 10.1. The highest BCUT2D eigenvalue weighted by atomic mass is 16.5. The molecule has 0 radical (unpaired) electrons. The average Bonchev–Trinajstić information content (AvgIpc) is 2.40. The molecule has 1 aromatic rings. The molecule has 0 unspecified atom stereocenters. The molecule has 1 aromatic carbocycles. The molecule has 0 atom stereocenters. The first-order valence-corrected chi connectivity index (χ1v) is 5.80. The lowest BCUT2D eigenvalue weighted by Gasteiger charge is -2.20. The number of nitrogens with zero attached hydrogens (tertiary/aromatic N) is 1. The van der Waals surface area contributed by atoms with Crippen LogP contribution < -0.4 is 4.74 Å². The van der Waals surface area contributed by atoms with Gasteiger partial charge in [0, 0.05) is 12.0 Å². The number of ether oxygens (including phenoxy) is 2. The molecule has 0 saturated heterocycles. The van der Waals surface area contributed by atoms with Gasteiger partial charge < -0.3 is 9.47 Å². The Morgan fingerprint density at radius 2 is 2.28 bits per heavy atom. The molecule has 1 aliphatic heterocycles. The quantitative estimate of drug-likeness (QED) is 0.454. The second-order valence-electron chi connectivity index (χ2n) is 3.78. The minimum atomic E-state index is -0.563. The monoisotopic (exact) mass is 243 g/mol. The summed E-state index contributed by atoms with van der Waals surface area (Å²) in [6.45, 7) is 2.45. The molecule has 1 heterocycles. The Kier molecular flexibility index (Phi) is 3.63. The summed E-state index contributed by atoms with van der Waals surface area (Å²) in [6.07, 6.45) is 0.540. The Hall–Kier alpha value is -2.28. The van der Waals surface area contributed by atoms with Gasteiger partial charge in [-0.1, -0.05) is 18.2 Å². The molecule has 1 aliphatic rings. The maximum atomic E-state index is 11.7. The van der Waals surface area contributed by atoms with Gasteiger partial charge in [-0.2, -0.15) is 5.26 Å². The van der Waals surface area contributed by atoms with E-state index in [2.05, 4.69) is 0 Å². The van der Waals surface area contributed by atoms with E-state index in [1.54, 1.807) is 6.92 Å². The van der Waals surface area contributed by atoms with Gasteiger partial charge in [-0.15, -0.1) is 0 Å². The van der Waals surface area contributed by atoms with E-state index in [4.69, 9.17) is 14.7 Å². The first kappa shape index (κ1) is 12.2. The summed E-state index contributed by atoms with van der Waals surface area (Å²) in [5.41, 5.74) is 1.58. The van der Waals surface area contributed by atoms with Crippen LogP contribution in [-0.4, -0.2) is 19.2 Å². The number of para-hydroxylation sites is 1. The minimum Gasteiger partial charge on any atom is -0.493 e. The van der Waals surface area contributed by atoms with Crippen LogP contribution in [0.4, 0.5) is 0 Å². The fraction of sp³-hybridized carbons (Fsp3) is 0.286. The number of carbonyl (C=O) groups excluding carboxylic acids is 1. The van der Waals surface area contributed by atoms with Gasteiger partial charge in [0.05, 0.1) is 13.2 Å². The third-order valence-corrected chi connectivity index (χ3v) is 2.71. The molecule has 0 bridgehead atoms. The summed E-state index contributed by atoms with van der Waals surface area (Å²) in [7, 11) is 0. The van der Waals surface area contributed by atoms with Gasteiger partial charge in [-0.25, -0.2) is 4.79 Å². The van der Waals surface area contributed by atoms with Crippen molar-refractivity contribution in [2.24, 2.45) is 0 Å². The lowest BCUT2D eigenvalue weighted by Crippen LogP contribution is -2.14. The molecule has 4 nitrogen and oxygen atoms in total. The van der Waals surface area contributed by atoms with Crippen LogP contribution in [0.15, 0.2) is 29.8 Å². The van der Waals surface area contributed by atoms with Crippen molar-refractivity contribution in [3.8, 4) is 11.8 Å². The number of fused-ring (bicyclic) bond motifs is 1. The molecule has 0 saturated carbocycles. The molecule has 92 valence electrons. The van der Waals surface area contributed by atoms with E-state index >= 15 is 0 Å². The van der Waals surface area contributed by atoms with Gasteiger partial charge in [0.15, 0.2) is 0 Å². The average molecular weight is 243 g/mol. The first-order chi connectivity index (χ1) is 8.77. The van der Waals surface area contributed by atoms with E-state index in [0.29, 0.717) is 24.4 Å². The number of hydrogen-bond donors (Lipinski definition) is 0. The van der Waals surface area contributed by atoms with Crippen LogP contribution in [-0.2, 0) is 9.53 Å². The highest BCUT2D eigenvalue weighted by Gasteiger charge is 2.23. The Balaban J connectivity index is 2.50. The molecule has 0 aliphatic carbocycles. The van der Waals surface area contributed by atoms with Crippen LogP contribution in [0, 0.1) is 11.3 Å². The minimum absolute atomic E-state index is 0.0765. The number of carbonyl (C=O) groups is 1. The molecular weight excluding hydrogens is 230 g/mol. The van der Waals surface area contributed by atoms with Crippen molar-refractivity contribution in [2.45, 2.75) is 13.3 Å². The predicted molar refractivity (Wildman–Crippen MR) is 65.7 cm³/mol. The second kappa shape index (κ2) is 5.37. The molecule has 0 amide bonds. The summed E-state index contributed by atoms with van der Waals surface area (Å²) in [4.78, 5) is 11.7. The first-order valence-electron chi connectivity index (χ1n) is 5.80. The number of nitriles is 1. The summed E-state index contributed by atoms with van der Waals surface area (Å²) < 4.78 is 10.4. The number of hydrogen-bond acceptors (Lipinski definition) is 4. The lowest BCUT2D eigenvalue weighted by atomic mass is 9.95. The van der Waals surface area contributed by atoms with Gasteiger partial charge >= 0.3 is 5.97 Å². The molecular formula is C14H13NO3. The van der Waals surface area contributed by atoms with Crippen LogP contribution in [0.2, 0.25) is 0 Å². The van der Waals surface area contributed by atoms with E-state index in [-0.39, 0.29) is 12.2 Å². The van der Waals surface area contributed by atoms with Crippen LogP contribution in [0.3, 0.4) is 0 Å². The highest BCUT2D eigenvalue weighted by molar-refractivity contribution is 6.02. The number of rotatable bonds is 2. The molecule has 0 N–H and O–H groups in total. The Morgan fingerprint density at radius 1 is 1.50 bits per heavy atom. The predicted octanol–water partition coefficient (Wildman–Crippen LogP) is 2.31. The van der Waals surface area contributed by atoms with E-state index in [1.807, 2.05) is 30.3 Å². The topological polar surface area (TPSA) is 59.3 Å². The Morgan fingerprint density at radius 3 is 3.00 bits per heavy atom. The molecule has 18 heavy (non-hydrogen) atoms. The van der Waals surface area contributed by atoms with Crippen molar-refractivity contribution in [2.75, 3.05) is 13.2 Å². The maximum Gasteiger partial charge on any atom is 0.349 e. The van der Waals surface area contributed by atoms with E-state index in [9.17, 15) is 4.79 Å². The number of benzene rings is 1. The summed E-state index contributed by atoms with van der Waals surface area (Å²) in [5.74, 6) is 0.141. The number of esters is 1. The van der Waals surface area contributed by atoms with E-state index in [1.165, 1.54) is 0 Å². The van der Waals surface area contributed by atoms with Crippen LogP contribution in [0.5, 0.6) is 5.75 Å². The second-order valence-corrected chi connectivity index (χ2v) is 3.78. The third-order valence-electron chi connectivity index (χ3n) is 2.71. The summed E-state index contributed by atoms with van der Waals surface area (Å²) in [5, 5.41) is 9.15. The third kappa shape index (κ3) is 2.21. The van der Waals surface area contributed by atoms with Crippen molar-refractivity contribution in [3.63, 3.8) is 0 Å². The van der Waals surface area contributed by atoms with Crippen molar-refractivity contribution < 1.29 is 14.3 Å². The van der Waals surface area contributed by atoms with Gasteiger partial charge in [0.2, 0.25) is 0 Å². The maximum absolute atomic E-state index is 11.7. The zero-order valence-electron chi connectivity index (χ0n) is 10.1. The van der Waals surface area contributed by atoms with Crippen molar-refractivity contribution in [1.29, 1.82) is 5.26 Å². The smallest absolute Gasteiger partial charge is 0.349 e. The fourth-order valence-corrected chi connectivity index (χ4v) is 1.94. The molecule has 0 spiro atoms. The van der Waals surface area contributed by atoms with Crippen LogP contribution in [0.25, 0.3) is 5.57 Å². The van der Waals surface area contributed by atoms with E-state index in [0.717, 1.165) is 5.56 Å². The van der Waals surface area contributed by atoms with Gasteiger partial charge in [-0.05, 0) is 18.6 Å². The van der Waals surface area contributed by atoms with Gasteiger partial charge in [0.25, 0.3) is 0 Å². The SMILES string of the molecule is CCOC(=O)/C(C#N)=C1/CCOc2ccccc21. The molecule has 0 aromatic heterocycles. The van der Waals surface area contributed by atoms with Crippen molar-refractivity contribution in [1.82, 2.24) is 0 Å². The Labute approximate surface area is 105 Å². The molecule has 0 fully saturated rings. The van der Waals surface area contributed by atoms with Crippen LogP contribution in [0.1, 0.15) is 18.9 Å². The largest absolute Gasteiger partial charge is 0.493 e. The summed E-state index contributed by atoms with van der Waals surface area (Å²) >= 11 is 0. The molecule has 2 rings (SSSR count). The van der Waals surface area contributed by atoms with Crippen molar-refractivity contribution in [3.05, 3.63) is 35.4 Å². The van der Waals surface area contributed by atoms with Gasteiger partial charge in [-0.3, -0.25) is 0 Å². The standard InChI is InChI=1S/C14H13NO3/c1-2-17-14(16)12(9-15)10-7-8-18-13-6-4-3-5-11(10)13/h3-6H,2,7-8H2,1H3/b12-10-. The highest BCUT2D eigenvalue weighted by Crippen LogP contribution is 2.34. The summed E-state index contributed by atoms with van der Waals surface area (Å²) in [6, 6.07) is 9.34. The fourth-order valence-electron chi connectivity index (χ4n) is 1.94. The zero-order chi connectivity index (χ0) is 13.0. The Bertz CT molecular complexity index is 540.